The Labute approximate surface area is 180 Å². The zero-order valence-corrected chi connectivity index (χ0v) is 17.4. The van der Waals surface area contributed by atoms with Gasteiger partial charge in [0.15, 0.2) is 11.5 Å². The van der Waals surface area contributed by atoms with Crippen LogP contribution in [0.2, 0.25) is 5.02 Å². The summed E-state index contributed by atoms with van der Waals surface area (Å²) in [6.07, 6.45) is 7.75. The summed E-state index contributed by atoms with van der Waals surface area (Å²) in [6.45, 7) is 1.61. The summed E-state index contributed by atoms with van der Waals surface area (Å²) in [5.74, 6) is 1.05. The van der Waals surface area contributed by atoms with Gasteiger partial charge in [-0.2, -0.15) is 5.10 Å². The maximum absolute atomic E-state index is 12.5. The molecule has 0 aliphatic carbocycles. The molecule has 1 aliphatic heterocycles. The fourth-order valence-corrected chi connectivity index (χ4v) is 3.43. The van der Waals surface area contributed by atoms with E-state index in [0.717, 1.165) is 23.2 Å². The zero-order chi connectivity index (χ0) is 20.9. The van der Waals surface area contributed by atoms with Crippen LogP contribution in [0.5, 0.6) is 11.5 Å². The molecular formula is C23H22ClN3O3. The Morgan fingerprint density at radius 3 is 2.87 bits per heavy atom. The second-order valence-corrected chi connectivity index (χ2v) is 7.44. The van der Waals surface area contributed by atoms with Crippen LogP contribution < -0.4 is 9.47 Å². The third-order valence-corrected chi connectivity index (χ3v) is 4.98. The van der Waals surface area contributed by atoms with Crippen molar-refractivity contribution < 1.29 is 14.3 Å². The number of amides is 1. The summed E-state index contributed by atoms with van der Waals surface area (Å²) in [5.41, 5.74) is 2.70. The largest absolute Gasteiger partial charge is 0.489 e. The van der Waals surface area contributed by atoms with Crippen molar-refractivity contribution in [1.82, 2.24) is 14.7 Å². The lowest BCUT2D eigenvalue weighted by Crippen LogP contribution is -2.23. The van der Waals surface area contributed by atoms with Gasteiger partial charge in [0.25, 0.3) is 0 Å². The number of ether oxygens (including phenoxy) is 2. The van der Waals surface area contributed by atoms with E-state index in [1.165, 1.54) is 6.08 Å². The molecule has 3 aromatic rings. The first-order valence-electron chi connectivity index (χ1n) is 9.71. The van der Waals surface area contributed by atoms with Crippen LogP contribution in [0.4, 0.5) is 0 Å². The van der Waals surface area contributed by atoms with E-state index in [4.69, 9.17) is 21.1 Å². The molecule has 1 amide bonds. The molecule has 2 heterocycles. The summed E-state index contributed by atoms with van der Waals surface area (Å²) >= 11 is 6.31. The first-order valence-corrected chi connectivity index (χ1v) is 10.1. The van der Waals surface area contributed by atoms with Crippen LogP contribution in [0, 0.1) is 0 Å². The number of nitrogens with zero attached hydrogens (tertiary/aromatic N) is 3. The summed E-state index contributed by atoms with van der Waals surface area (Å²) in [5, 5.41) is 4.85. The predicted octanol–water partition coefficient (Wildman–Crippen LogP) is 4.36. The van der Waals surface area contributed by atoms with Crippen molar-refractivity contribution in [2.24, 2.45) is 0 Å². The number of hydrogen-bond acceptors (Lipinski definition) is 4. The molecule has 1 aliphatic rings. The second-order valence-electron chi connectivity index (χ2n) is 7.04. The number of fused-ring (bicyclic) bond motifs is 1. The van der Waals surface area contributed by atoms with Crippen molar-refractivity contribution in [2.75, 3.05) is 20.3 Å². The van der Waals surface area contributed by atoms with Crippen LogP contribution in [-0.2, 0) is 11.3 Å². The van der Waals surface area contributed by atoms with Crippen LogP contribution in [0.1, 0.15) is 17.5 Å². The van der Waals surface area contributed by atoms with Crippen molar-refractivity contribution in [2.45, 2.75) is 13.0 Å². The third kappa shape index (κ3) is 4.66. The summed E-state index contributed by atoms with van der Waals surface area (Å²) in [6, 6.07) is 13.4. The molecule has 154 valence electrons. The summed E-state index contributed by atoms with van der Waals surface area (Å²) in [7, 11) is 1.76. The standard InChI is InChI=1S/C23H22ClN3O3/c1-26(15-18-14-25-27(16-18)19-6-3-2-4-7-19)22(28)9-8-17-12-20(24)23-21(13-17)29-10-5-11-30-23/h2-4,6-9,12-14,16H,5,10-11,15H2,1H3. The molecule has 0 spiro atoms. The molecule has 0 fully saturated rings. The van der Waals surface area contributed by atoms with Gasteiger partial charge in [0.2, 0.25) is 5.91 Å². The monoisotopic (exact) mass is 423 g/mol. The van der Waals surface area contributed by atoms with Gasteiger partial charge < -0.3 is 14.4 Å². The van der Waals surface area contributed by atoms with Crippen LogP contribution >= 0.6 is 11.6 Å². The molecule has 0 bridgehead atoms. The van der Waals surface area contributed by atoms with E-state index in [0.29, 0.717) is 36.3 Å². The minimum atomic E-state index is -0.120. The summed E-state index contributed by atoms with van der Waals surface area (Å²) in [4.78, 5) is 14.2. The van der Waals surface area contributed by atoms with E-state index in [-0.39, 0.29) is 5.91 Å². The van der Waals surface area contributed by atoms with E-state index in [9.17, 15) is 4.79 Å². The molecular weight excluding hydrogens is 402 g/mol. The number of aromatic nitrogens is 2. The van der Waals surface area contributed by atoms with E-state index >= 15 is 0 Å². The third-order valence-electron chi connectivity index (χ3n) is 4.70. The minimum Gasteiger partial charge on any atom is -0.489 e. The topological polar surface area (TPSA) is 56.6 Å². The number of rotatable bonds is 5. The van der Waals surface area contributed by atoms with Crippen molar-refractivity contribution in [1.29, 1.82) is 0 Å². The smallest absolute Gasteiger partial charge is 0.246 e. The van der Waals surface area contributed by atoms with E-state index in [1.807, 2.05) is 42.6 Å². The van der Waals surface area contributed by atoms with Crippen molar-refractivity contribution in [3.8, 4) is 17.2 Å². The van der Waals surface area contributed by atoms with Crippen LogP contribution in [0.25, 0.3) is 11.8 Å². The SMILES string of the molecule is CN(Cc1cnn(-c2ccccc2)c1)C(=O)C=Cc1cc(Cl)c2c(c1)OCCCO2. The minimum absolute atomic E-state index is 0.120. The van der Waals surface area contributed by atoms with Crippen LogP contribution in [-0.4, -0.2) is 40.8 Å². The number of hydrogen-bond donors (Lipinski definition) is 0. The molecule has 0 saturated carbocycles. The molecule has 0 radical (unpaired) electrons. The lowest BCUT2D eigenvalue weighted by molar-refractivity contribution is -0.125. The van der Waals surface area contributed by atoms with Gasteiger partial charge in [-0.25, -0.2) is 4.68 Å². The normalized spacial score (nSPS) is 13.3. The Hall–Kier alpha value is -3.25. The number of halogens is 1. The second kappa shape index (κ2) is 9.05. The highest BCUT2D eigenvalue weighted by Crippen LogP contribution is 2.38. The first-order chi connectivity index (χ1) is 14.6. The van der Waals surface area contributed by atoms with Gasteiger partial charge in [0.1, 0.15) is 0 Å². The molecule has 7 heteroatoms. The van der Waals surface area contributed by atoms with Crippen molar-refractivity contribution in [3.05, 3.63) is 77.1 Å². The molecule has 0 unspecified atom stereocenters. The highest BCUT2D eigenvalue weighted by Gasteiger charge is 2.15. The molecule has 4 rings (SSSR count). The van der Waals surface area contributed by atoms with Gasteiger partial charge >= 0.3 is 0 Å². The Balaban J connectivity index is 1.41. The Morgan fingerprint density at radius 1 is 1.23 bits per heavy atom. The maximum Gasteiger partial charge on any atom is 0.246 e. The van der Waals surface area contributed by atoms with Crippen molar-refractivity contribution in [3.63, 3.8) is 0 Å². The maximum atomic E-state index is 12.5. The van der Waals surface area contributed by atoms with E-state index in [1.54, 1.807) is 35.0 Å². The first kappa shape index (κ1) is 20.0. The highest BCUT2D eigenvalue weighted by atomic mass is 35.5. The Morgan fingerprint density at radius 2 is 2.03 bits per heavy atom. The van der Waals surface area contributed by atoms with Gasteiger partial charge in [-0.1, -0.05) is 29.8 Å². The molecule has 0 N–H and O–H groups in total. The van der Waals surface area contributed by atoms with Gasteiger partial charge in [0, 0.05) is 37.8 Å². The number of para-hydroxylation sites is 1. The number of carbonyl (C=O) groups excluding carboxylic acids is 1. The fourth-order valence-electron chi connectivity index (χ4n) is 3.16. The van der Waals surface area contributed by atoms with Gasteiger partial charge in [-0.15, -0.1) is 0 Å². The number of benzene rings is 2. The molecule has 1 aromatic heterocycles. The van der Waals surface area contributed by atoms with Crippen LogP contribution in [0.15, 0.2) is 60.9 Å². The van der Waals surface area contributed by atoms with Gasteiger partial charge in [-0.05, 0) is 35.9 Å². The molecule has 6 nitrogen and oxygen atoms in total. The number of carbonyl (C=O) groups is 1. The Bertz CT molecular complexity index is 1060. The Kier molecular flexibility index (Phi) is 6.05. The van der Waals surface area contributed by atoms with E-state index < -0.39 is 0 Å². The molecule has 2 aromatic carbocycles. The van der Waals surface area contributed by atoms with Crippen molar-refractivity contribution >= 4 is 23.6 Å². The van der Waals surface area contributed by atoms with E-state index in [2.05, 4.69) is 5.10 Å². The van der Waals surface area contributed by atoms with Gasteiger partial charge in [-0.3, -0.25) is 4.79 Å². The van der Waals surface area contributed by atoms with Gasteiger partial charge in [0.05, 0.1) is 30.1 Å². The average Bonchev–Trinajstić information content (AvgIpc) is 3.08. The zero-order valence-electron chi connectivity index (χ0n) is 16.6. The summed E-state index contributed by atoms with van der Waals surface area (Å²) < 4.78 is 13.1. The fraction of sp³-hybridized carbons (Fsp3) is 0.217. The molecule has 0 saturated heterocycles. The lowest BCUT2D eigenvalue weighted by atomic mass is 10.2. The predicted molar refractivity (Wildman–Crippen MR) is 116 cm³/mol. The van der Waals surface area contributed by atoms with Crippen LogP contribution in [0.3, 0.4) is 0 Å². The average molecular weight is 424 g/mol. The lowest BCUT2D eigenvalue weighted by Gasteiger charge is -2.14. The molecule has 30 heavy (non-hydrogen) atoms. The highest BCUT2D eigenvalue weighted by molar-refractivity contribution is 6.32. The molecule has 0 atom stereocenters. The number of likely N-dealkylation sites (N-methyl/N-ethyl adjacent to an activating group) is 1. The quantitative estimate of drug-likeness (QED) is 0.572.